The lowest BCUT2D eigenvalue weighted by Crippen LogP contribution is -2.50. The summed E-state index contributed by atoms with van der Waals surface area (Å²) in [6.07, 6.45) is 1.91. The summed E-state index contributed by atoms with van der Waals surface area (Å²) in [6.45, 7) is 5.44. The van der Waals surface area contributed by atoms with Crippen molar-refractivity contribution in [3.63, 3.8) is 0 Å². The zero-order chi connectivity index (χ0) is 13.1. The quantitative estimate of drug-likeness (QED) is 0.861. The number of rotatable bonds is 3. The van der Waals surface area contributed by atoms with E-state index in [1.54, 1.807) is 0 Å². The van der Waals surface area contributed by atoms with Crippen molar-refractivity contribution in [2.75, 3.05) is 24.5 Å². The van der Waals surface area contributed by atoms with Crippen molar-refractivity contribution in [3.8, 4) is 0 Å². The topological polar surface area (TPSA) is 64.3 Å². The molecule has 0 radical (unpaired) electrons. The average Bonchev–Trinajstić information content (AvgIpc) is 2.38. The Morgan fingerprint density at radius 2 is 2.28 bits per heavy atom. The fourth-order valence-electron chi connectivity index (χ4n) is 2.21. The van der Waals surface area contributed by atoms with Crippen LogP contribution < -0.4 is 10.6 Å². The third kappa shape index (κ3) is 2.59. The lowest BCUT2D eigenvalue weighted by atomic mass is 10.2. The van der Waals surface area contributed by atoms with Crippen molar-refractivity contribution in [1.29, 1.82) is 0 Å². The Hall–Kier alpha value is -1.27. The maximum atomic E-state index is 14.2. The summed E-state index contributed by atoms with van der Waals surface area (Å²) in [5, 5.41) is 0. The van der Waals surface area contributed by atoms with Gasteiger partial charge in [-0.3, -0.25) is 0 Å². The predicted molar refractivity (Wildman–Crippen MR) is 67.0 cm³/mol. The molecule has 1 fully saturated rings. The number of anilines is 1. The molecule has 2 atom stereocenters. The summed E-state index contributed by atoms with van der Waals surface area (Å²) in [5.74, 6) is 0.0281. The van der Waals surface area contributed by atoms with Crippen LogP contribution in [-0.2, 0) is 11.2 Å². The van der Waals surface area contributed by atoms with Gasteiger partial charge in [0.1, 0.15) is 6.33 Å². The SMILES string of the molecule is CCc1ncnc(N2CC(C)OC(CN)C2)c1F. The second-order valence-corrected chi connectivity index (χ2v) is 4.52. The van der Waals surface area contributed by atoms with E-state index in [9.17, 15) is 4.39 Å². The van der Waals surface area contributed by atoms with Crippen LogP contribution in [0.5, 0.6) is 0 Å². The first-order valence-corrected chi connectivity index (χ1v) is 6.25. The molecule has 0 aromatic carbocycles. The molecule has 1 aliphatic heterocycles. The molecular weight excluding hydrogens is 235 g/mol. The highest BCUT2D eigenvalue weighted by Gasteiger charge is 2.27. The largest absolute Gasteiger partial charge is 0.370 e. The van der Waals surface area contributed by atoms with Crippen molar-refractivity contribution in [2.45, 2.75) is 32.5 Å². The van der Waals surface area contributed by atoms with E-state index in [0.29, 0.717) is 37.6 Å². The molecule has 2 unspecified atom stereocenters. The van der Waals surface area contributed by atoms with Gasteiger partial charge >= 0.3 is 0 Å². The van der Waals surface area contributed by atoms with Crippen LogP contribution in [-0.4, -0.2) is 41.8 Å². The van der Waals surface area contributed by atoms with E-state index in [2.05, 4.69) is 9.97 Å². The van der Waals surface area contributed by atoms with Gasteiger partial charge in [-0.05, 0) is 13.3 Å². The van der Waals surface area contributed by atoms with Crippen molar-refractivity contribution in [1.82, 2.24) is 9.97 Å². The summed E-state index contributed by atoms with van der Waals surface area (Å²) in [6, 6.07) is 0. The molecule has 5 nitrogen and oxygen atoms in total. The number of nitrogens with zero attached hydrogens (tertiary/aromatic N) is 3. The highest BCUT2D eigenvalue weighted by molar-refractivity contribution is 5.41. The van der Waals surface area contributed by atoms with E-state index in [1.165, 1.54) is 6.33 Å². The normalized spacial score (nSPS) is 24.3. The molecule has 1 saturated heterocycles. The number of aryl methyl sites for hydroxylation is 1. The zero-order valence-corrected chi connectivity index (χ0v) is 10.8. The lowest BCUT2D eigenvalue weighted by molar-refractivity contribution is -0.0109. The number of nitrogens with two attached hydrogens (primary N) is 1. The Kier molecular flexibility index (Phi) is 4.08. The van der Waals surface area contributed by atoms with Gasteiger partial charge in [0, 0.05) is 19.6 Å². The van der Waals surface area contributed by atoms with Gasteiger partial charge in [0.25, 0.3) is 0 Å². The Labute approximate surface area is 106 Å². The molecule has 0 aliphatic carbocycles. The van der Waals surface area contributed by atoms with Crippen molar-refractivity contribution < 1.29 is 9.13 Å². The molecule has 100 valence electrons. The first-order valence-electron chi connectivity index (χ1n) is 6.25. The number of halogens is 1. The van der Waals surface area contributed by atoms with Gasteiger partial charge in [0.05, 0.1) is 17.9 Å². The molecule has 2 rings (SSSR count). The monoisotopic (exact) mass is 254 g/mol. The third-order valence-corrected chi connectivity index (χ3v) is 3.07. The fraction of sp³-hybridized carbons (Fsp3) is 0.667. The molecular formula is C12H19FN4O. The first kappa shape index (κ1) is 13.2. The van der Waals surface area contributed by atoms with Crippen molar-refractivity contribution in [2.24, 2.45) is 5.73 Å². The molecule has 6 heteroatoms. The number of hydrogen-bond donors (Lipinski definition) is 1. The second-order valence-electron chi connectivity index (χ2n) is 4.52. The minimum Gasteiger partial charge on any atom is -0.370 e. The highest BCUT2D eigenvalue weighted by atomic mass is 19.1. The van der Waals surface area contributed by atoms with Gasteiger partial charge in [0.2, 0.25) is 0 Å². The molecule has 18 heavy (non-hydrogen) atoms. The summed E-state index contributed by atoms with van der Waals surface area (Å²) in [5.41, 5.74) is 6.07. The highest BCUT2D eigenvalue weighted by Crippen LogP contribution is 2.22. The minimum atomic E-state index is -0.329. The minimum absolute atomic E-state index is 0.0201. The number of aromatic nitrogens is 2. The summed E-state index contributed by atoms with van der Waals surface area (Å²) < 4.78 is 19.8. The van der Waals surface area contributed by atoms with Crippen LogP contribution >= 0.6 is 0 Å². The summed E-state index contributed by atoms with van der Waals surface area (Å²) in [4.78, 5) is 9.89. The van der Waals surface area contributed by atoms with Crippen molar-refractivity contribution in [3.05, 3.63) is 17.8 Å². The molecule has 0 spiro atoms. The summed E-state index contributed by atoms with van der Waals surface area (Å²) >= 11 is 0. The zero-order valence-electron chi connectivity index (χ0n) is 10.8. The molecule has 1 aromatic heterocycles. The Balaban J connectivity index is 2.25. The van der Waals surface area contributed by atoms with Crippen LogP contribution in [0.15, 0.2) is 6.33 Å². The maximum Gasteiger partial charge on any atom is 0.187 e. The first-order chi connectivity index (χ1) is 8.65. The number of morpholine rings is 1. The van der Waals surface area contributed by atoms with Crippen molar-refractivity contribution >= 4 is 5.82 Å². The number of hydrogen-bond acceptors (Lipinski definition) is 5. The van der Waals surface area contributed by atoms with Gasteiger partial charge in [-0.2, -0.15) is 0 Å². The van der Waals surface area contributed by atoms with Crippen LogP contribution in [0.25, 0.3) is 0 Å². The molecule has 1 aliphatic rings. The Morgan fingerprint density at radius 1 is 1.50 bits per heavy atom. The molecule has 2 heterocycles. The predicted octanol–water partition coefficient (Wildman–Crippen LogP) is 0.731. The van der Waals surface area contributed by atoms with Crippen LogP contribution in [0, 0.1) is 5.82 Å². The third-order valence-electron chi connectivity index (χ3n) is 3.07. The van der Waals surface area contributed by atoms with Gasteiger partial charge in [0.15, 0.2) is 11.6 Å². The lowest BCUT2D eigenvalue weighted by Gasteiger charge is -2.37. The fourth-order valence-corrected chi connectivity index (χ4v) is 2.21. The van der Waals surface area contributed by atoms with Crippen LogP contribution in [0.2, 0.25) is 0 Å². The standard InChI is InChI=1S/C12H19FN4O/c1-3-10-11(13)12(16-7-15-10)17-5-8(2)18-9(4-14)6-17/h7-9H,3-6,14H2,1-2H3. The molecule has 2 N–H and O–H groups in total. The Bertz CT molecular complexity index is 415. The van der Waals surface area contributed by atoms with E-state index >= 15 is 0 Å². The van der Waals surface area contributed by atoms with Gasteiger partial charge < -0.3 is 15.4 Å². The Morgan fingerprint density at radius 3 is 2.94 bits per heavy atom. The molecule has 1 aromatic rings. The van der Waals surface area contributed by atoms with E-state index in [0.717, 1.165) is 0 Å². The van der Waals surface area contributed by atoms with Crippen LogP contribution in [0.1, 0.15) is 19.5 Å². The average molecular weight is 254 g/mol. The molecule has 0 bridgehead atoms. The molecule has 0 amide bonds. The van der Waals surface area contributed by atoms with E-state index in [-0.39, 0.29) is 18.0 Å². The van der Waals surface area contributed by atoms with Crippen LogP contribution in [0.3, 0.4) is 0 Å². The second kappa shape index (κ2) is 5.58. The van der Waals surface area contributed by atoms with E-state index < -0.39 is 0 Å². The van der Waals surface area contributed by atoms with Gasteiger partial charge in [-0.1, -0.05) is 6.92 Å². The maximum absolute atomic E-state index is 14.2. The number of ether oxygens (including phenoxy) is 1. The van der Waals surface area contributed by atoms with E-state index in [4.69, 9.17) is 10.5 Å². The molecule has 0 saturated carbocycles. The van der Waals surface area contributed by atoms with Gasteiger partial charge in [-0.15, -0.1) is 0 Å². The summed E-state index contributed by atoms with van der Waals surface area (Å²) in [7, 11) is 0. The van der Waals surface area contributed by atoms with Crippen LogP contribution in [0.4, 0.5) is 10.2 Å². The van der Waals surface area contributed by atoms with Gasteiger partial charge in [-0.25, -0.2) is 14.4 Å². The smallest absolute Gasteiger partial charge is 0.187 e. The van der Waals surface area contributed by atoms with E-state index in [1.807, 2.05) is 18.7 Å².